The van der Waals surface area contributed by atoms with Crippen LogP contribution in [0.15, 0.2) is 48.5 Å². The fourth-order valence-corrected chi connectivity index (χ4v) is 4.75. The minimum Gasteiger partial charge on any atom is -0.342 e. The molecule has 3 aromatic rings. The summed E-state index contributed by atoms with van der Waals surface area (Å²) < 4.78 is 0. The molecule has 0 spiro atoms. The molecule has 30 heavy (non-hydrogen) atoms. The number of carbonyl (C=O) groups excluding carboxylic acids is 2. The van der Waals surface area contributed by atoms with E-state index in [1.807, 2.05) is 41.3 Å². The molecule has 5 rings (SSSR count). The Kier molecular flexibility index (Phi) is 4.95. The van der Waals surface area contributed by atoms with Gasteiger partial charge in [0.2, 0.25) is 11.8 Å². The molecule has 7 heteroatoms. The summed E-state index contributed by atoms with van der Waals surface area (Å²) in [6.45, 7) is 1.81. The number of hydrogen-bond donors (Lipinski definition) is 1. The summed E-state index contributed by atoms with van der Waals surface area (Å²) in [6.07, 6.45) is 2.02. The maximum Gasteiger partial charge on any atom is 0.228 e. The molecule has 0 radical (unpaired) electrons. The van der Waals surface area contributed by atoms with E-state index in [0.29, 0.717) is 30.6 Å². The highest BCUT2D eigenvalue weighted by molar-refractivity contribution is 6.31. The zero-order valence-electron chi connectivity index (χ0n) is 16.6. The number of fused-ring (bicyclic) bond motifs is 1. The largest absolute Gasteiger partial charge is 0.342 e. The predicted octanol–water partition coefficient (Wildman–Crippen LogP) is 3.98. The van der Waals surface area contributed by atoms with Crippen molar-refractivity contribution in [3.63, 3.8) is 0 Å². The van der Waals surface area contributed by atoms with Crippen LogP contribution in [0.2, 0.25) is 5.02 Å². The van der Waals surface area contributed by atoms with Gasteiger partial charge in [-0.1, -0.05) is 29.8 Å². The van der Waals surface area contributed by atoms with Crippen LogP contribution in [-0.2, 0) is 9.59 Å². The molecule has 0 bridgehead atoms. The highest BCUT2D eigenvalue weighted by atomic mass is 35.5. The van der Waals surface area contributed by atoms with Crippen LogP contribution in [0.5, 0.6) is 0 Å². The fourth-order valence-electron chi connectivity index (χ4n) is 4.56. The lowest BCUT2D eigenvalue weighted by Gasteiger charge is -2.32. The first-order valence-electron chi connectivity index (χ1n) is 10.4. The first kappa shape index (κ1) is 19.1. The Balaban J connectivity index is 1.22. The van der Waals surface area contributed by atoms with Gasteiger partial charge in [-0.3, -0.25) is 9.59 Å². The number of rotatable bonds is 3. The van der Waals surface area contributed by atoms with Crippen LogP contribution in [0, 0.1) is 5.92 Å². The lowest BCUT2D eigenvalue weighted by molar-refractivity contribution is -0.136. The molecule has 2 amide bonds. The molecule has 154 valence electrons. The van der Waals surface area contributed by atoms with Crippen LogP contribution in [0.25, 0.3) is 11.0 Å². The van der Waals surface area contributed by atoms with Crippen molar-refractivity contribution in [3.05, 3.63) is 59.4 Å². The van der Waals surface area contributed by atoms with Gasteiger partial charge >= 0.3 is 0 Å². The van der Waals surface area contributed by atoms with Crippen molar-refractivity contribution in [3.8, 4) is 0 Å². The third-order valence-electron chi connectivity index (χ3n) is 6.20. The summed E-state index contributed by atoms with van der Waals surface area (Å²) in [7, 11) is 0. The lowest BCUT2D eigenvalue weighted by Crippen LogP contribution is -2.42. The molecule has 0 saturated carbocycles. The first-order chi connectivity index (χ1) is 14.6. The second-order valence-corrected chi connectivity index (χ2v) is 8.56. The van der Waals surface area contributed by atoms with Gasteiger partial charge in [0.15, 0.2) is 0 Å². The minimum absolute atomic E-state index is 0.0206. The number of piperidine rings is 1. The Morgan fingerprint density at radius 2 is 1.90 bits per heavy atom. The molecule has 3 heterocycles. The first-order valence-corrected chi connectivity index (χ1v) is 10.8. The van der Waals surface area contributed by atoms with Crippen LogP contribution in [-0.4, -0.2) is 46.3 Å². The summed E-state index contributed by atoms with van der Waals surface area (Å²) in [5.74, 6) is 1.10. The van der Waals surface area contributed by atoms with Crippen LogP contribution < -0.4 is 4.90 Å². The van der Waals surface area contributed by atoms with Gasteiger partial charge in [0.25, 0.3) is 0 Å². The highest BCUT2D eigenvalue weighted by Gasteiger charge is 2.38. The van der Waals surface area contributed by atoms with Crippen LogP contribution >= 0.6 is 11.6 Å². The highest BCUT2D eigenvalue weighted by Crippen LogP contribution is 2.31. The number of aromatic amines is 1. The van der Waals surface area contributed by atoms with Gasteiger partial charge < -0.3 is 14.8 Å². The topological polar surface area (TPSA) is 69.3 Å². The van der Waals surface area contributed by atoms with Gasteiger partial charge in [0.1, 0.15) is 5.82 Å². The van der Waals surface area contributed by atoms with Gasteiger partial charge in [0, 0.05) is 42.7 Å². The van der Waals surface area contributed by atoms with Gasteiger partial charge in [-0.2, -0.15) is 0 Å². The quantitative estimate of drug-likeness (QED) is 0.694. The number of likely N-dealkylation sites (tertiary alicyclic amines) is 1. The zero-order valence-corrected chi connectivity index (χ0v) is 17.3. The maximum absolute atomic E-state index is 13.1. The van der Waals surface area contributed by atoms with E-state index in [1.165, 1.54) is 0 Å². The maximum atomic E-state index is 13.1. The number of anilines is 1. The number of aromatic nitrogens is 2. The van der Waals surface area contributed by atoms with Crippen LogP contribution in [0.4, 0.5) is 5.69 Å². The second kappa shape index (κ2) is 7.76. The number of carbonyl (C=O) groups is 2. The lowest BCUT2D eigenvalue weighted by atomic mass is 9.95. The monoisotopic (exact) mass is 422 g/mol. The van der Waals surface area contributed by atoms with E-state index < -0.39 is 0 Å². The Morgan fingerprint density at radius 3 is 2.67 bits per heavy atom. The summed E-state index contributed by atoms with van der Waals surface area (Å²) in [4.78, 5) is 37.3. The molecule has 0 unspecified atom stereocenters. The van der Waals surface area contributed by atoms with Gasteiger partial charge in [-0.15, -0.1) is 0 Å². The van der Waals surface area contributed by atoms with Crippen molar-refractivity contribution in [2.24, 2.45) is 5.92 Å². The molecule has 2 aliphatic heterocycles. The molecule has 0 aliphatic carbocycles. The van der Waals surface area contributed by atoms with Crippen molar-refractivity contribution in [1.82, 2.24) is 14.9 Å². The number of para-hydroxylation sites is 2. The average molecular weight is 423 g/mol. The third-order valence-corrected chi connectivity index (χ3v) is 6.43. The van der Waals surface area contributed by atoms with E-state index in [1.54, 1.807) is 17.0 Å². The second-order valence-electron chi connectivity index (χ2n) is 8.12. The molecule has 6 nitrogen and oxygen atoms in total. The number of hydrogen-bond acceptors (Lipinski definition) is 3. The number of amides is 2. The number of H-pyrrole nitrogens is 1. The summed E-state index contributed by atoms with van der Waals surface area (Å²) in [5, 5.41) is 0.586. The summed E-state index contributed by atoms with van der Waals surface area (Å²) in [5.41, 5.74) is 2.79. The van der Waals surface area contributed by atoms with Crippen molar-refractivity contribution in [1.29, 1.82) is 0 Å². The number of halogens is 1. The number of imidazole rings is 1. The summed E-state index contributed by atoms with van der Waals surface area (Å²) in [6, 6.07) is 15.3. The van der Waals surface area contributed by atoms with E-state index in [0.717, 1.165) is 35.4 Å². The number of benzene rings is 2. The SMILES string of the molecule is O=C([C@H]1CC(=O)N(c2cccc(Cl)c2)C1)N1CCC(c2nc3ccccc3[nH]2)CC1. The summed E-state index contributed by atoms with van der Waals surface area (Å²) >= 11 is 6.06. The van der Waals surface area contributed by atoms with Crippen LogP contribution in [0.3, 0.4) is 0 Å². The van der Waals surface area contributed by atoms with Gasteiger partial charge in [-0.05, 0) is 43.2 Å². The van der Waals surface area contributed by atoms with Gasteiger partial charge in [-0.25, -0.2) is 4.98 Å². The Labute approximate surface area is 179 Å². The van der Waals surface area contributed by atoms with E-state index in [9.17, 15) is 9.59 Å². The normalized spacial score (nSPS) is 20.3. The van der Waals surface area contributed by atoms with Crippen LogP contribution in [0.1, 0.15) is 31.0 Å². The van der Waals surface area contributed by atoms with E-state index in [2.05, 4.69) is 4.98 Å². The molecule has 2 aliphatic rings. The zero-order chi connectivity index (χ0) is 20.7. The number of nitrogens with zero attached hydrogens (tertiary/aromatic N) is 3. The molecule has 1 aromatic heterocycles. The third kappa shape index (κ3) is 3.56. The Bertz CT molecular complexity index is 1070. The van der Waals surface area contributed by atoms with Gasteiger partial charge in [0.05, 0.1) is 17.0 Å². The van der Waals surface area contributed by atoms with Crippen molar-refractivity contribution in [2.75, 3.05) is 24.5 Å². The molecule has 2 aromatic carbocycles. The molecule has 1 atom stereocenters. The number of nitrogens with one attached hydrogen (secondary N) is 1. The molecule has 2 fully saturated rings. The van der Waals surface area contributed by atoms with Crippen molar-refractivity contribution < 1.29 is 9.59 Å². The minimum atomic E-state index is -0.292. The smallest absolute Gasteiger partial charge is 0.228 e. The predicted molar refractivity (Wildman–Crippen MR) is 117 cm³/mol. The molecule has 1 N–H and O–H groups in total. The fraction of sp³-hybridized carbons (Fsp3) is 0.348. The Hall–Kier alpha value is -2.86. The molecular weight excluding hydrogens is 400 g/mol. The Morgan fingerprint density at radius 1 is 1.10 bits per heavy atom. The molecular formula is C23H23ClN4O2. The average Bonchev–Trinajstić information content (AvgIpc) is 3.37. The van der Waals surface area contributed by atoms with E-state index in [-0.39, 0.29) is 24.2 Å². The van der Waals surface area contributed by atoms with Crippen molar-refractivity contribution in [2.45, 2.75) is 25.2 Å². The van der Waals surface area contributed by atoms with E-state index in [4.69, 9.17) is 16.6 Å². The van der Waals surface area contributed by atoms with E-state index >= 15 is 0 Å². The standard InChI is InChI=1S/C23H23ClN4O2/c24-17-4-3-5-18(13-17)28-14-16(12-21(28)29)23(30)27-10-8-15(9-11-27)22-25-19-6-1-2-7-20(19)26-22/h1-7,13,15-16H,8-12,14H2,(H,25,26)/t16-/m0/s1. The molecule has 2 saturated heterocycles. The van der Waals surface area contributed by atoms with Crippen molar-refractivity contribution >= 4 is 40.1 Å².